The van der Waals surface area contributed by atoms with Crippen molar-refractivity contribution in [2.45, 2.75) is 23.7 Å². The van der Waals surface area contributed by atoms with Gasteiger partial charge in [-0.1, -0.05) is 66.7 Å². The lowest BCUT2D eigenvalue weighted by Crippen LogP contribution is -2.23. The topological polar surface area (TPSA) is 63.8 Å². The fraction of sp³-hybridized carbons (Fsp3) is 0.111. The summed E-state index contributed by atoms with van der Waals surface area (Å²) in [7, 11) is 0. The fourth-order valence-corrected chi connectivity index (χ4v) is 4.20. The zero-order chi connectivity index (χ0) is 22.9. The molecule has 3 aromatic carbocycles. The number of hydrogen-bond acceptors (Lipinski definition) is 5. The monoisotopic (exact) mass is 456 g/mol. The van der Waals surface area contributed by atoms with Crippen molar-refractivity contribution < 1.29 is 13.9 Å². The average molecular weight is 457 g/mol. The Balaban J connectivity index is 1.37. The largest absolute Gasteiger partial charge is 0.485 e. The molecule has 1 aromatic heterocycles. The maximum Gasteiger partial charge on any atom is 0.258 e. The van der Waals surface area contributed by atoms with E-state index in [1.807, 2.05) is 97.9 Å². The molecule has 4 rings (SSSR count). The number of carbonyl (C=O) groups excluding carboxylic acids is 1. The van der Waals surface area contributed by atoms with Crippen LogP contribution in [0, 0.1) is 6.92 Å². The van der Waals surface area contributed by atoms with E-state index in [0.717, 1.165) is 21.8 Å². The summed E-state index contributed by atoms with van der Waals surface area (Å²) in [5.74, 6) is 1.82. The molecule has 166 valence electrons. The Hall–Kier alpha value is -3.77. The van der Waals surface area contributed by atoms with Crippen LogP contribution in [0.2, 0.25) is 0 Å². The van der Waals surface area contributed by atoms with Crippen LogP contribution in [0.4, 0.5) is 0 Å². The number of nitrogens with zero attached hydrogens (tertiary/aromatic N) is 1. The summed E-state index contributed by atoms with van der Waals surface area (Å²) in [6.45, 7) is 2.31. The van der Waals surface area contributed by atoms with E-state index in [1.54, 1.807) is 6.07 Å². The number of benzene rings is 3. The van der Waals surface area contributed by atoms with Crippen LogP contribution >= 0.6 is 11.8 Å². The summed E-state index contributed by atoms with van der Waals surface area (Å²) >= 11 is 1.48. The molecule has 0 aliphatic carbocycles. The molecule has 0 spiro atoms. The number of carbonyl (C=O) groups is 1. The van der Waals surface area contributed by atoms with Gasteiger partial charge in [0.05, 0.1) is 6.21 Å². The molecule has 1 amide bonds. The number of nitrogens with one attached hydrogen (secondary N) is 1. The maximum atomic E-state index is 12.9. The van der Waals surface area contributed by atoms with Crippen LogP contribution in [0.25, 0.3) is 0 Å². The second kappa shape index (κ2) is 11.2. The van der Waals surface area contributed by atoms with Crippen molar-refractivity contribution in [3.05, 3.63) is 120 Å². The van der Waals surface area contributed by atoms with Gasteiger partial charge in [0.25, 0.3) is 5.91 Å². The third-order valence-corrected chi connectivity index (χ3v) is 6.12. The van der Waals surface area contributed by atoms with Crippen molar-refractivity contribution in [2.24, 2.45) is 5.10 Å². The molecule has 33 heavy (non-hydrogen) atoms. The van der Waals surface area contributed by atoms with Crippen LogP contribution in [-0.2, 0) is 11.4 Å². The SMILES string of the molecule is Cc1ccccc1OCc1ccc(/C=N/NC(=O)C(Sc2ccccc2)c2ccccc2)o1. The van der Waals surface area contributed by atoms with Gasteiger partial charge in [-0.15, -0.1) is 11.8 Å². The van der Waals surface area contributed by atoms with E-state index in [0.29, 0.717) is 18.1 Å². The highest BCUT2D eigenvalue weighted by Crippen LogP contribution is 2.35. The second-order valence-corrected chi connectivity index (χ2v) is 8.49. The van der Waals surface area contributed by atoms with Crippen molar-refractivity contribution in [2.75, 3.05) is 0 Å². The Morgan fingerprint density at radius 1 is 0.970 bits per heavy atom. The number of para-hydroxylation sites is 1. The number of hydrazone groups is 1. The predicted octanol–water partition coefficient (Wildman–Crippen LogP) is 6.15. The summed E-state index contributed by atoms with van der Waals surface area (Å²) in [6.07, 6.45) is 1.49. The van der Waals surface area contributed by atoms with Gasteiger partial charge in [0.15, 0.2) is 0 Å². The third kappa shape index (κ3) is 6.37. The molecule has 0 fully saturated rings. The first kappa shape index (κ1) is 22.4. The number of aryl methyl sites for hydroxylation is 1. The summed E-state index contributed by atoms with van der Waals surface area (Å²) in [6, 6.07) is 31.0. The zero-order valence-electron chi connectivity index (χ0n) is 18.2. The van der Waals surface area contributed by atoms with Gasteiger partial charge in [-0.2, -0.15) is 5.10 Å². The van der Waals surface area contributed by atoms with E-state index in [2.05, 4.69) is 10.5 Å². The second-order valence-electron chi connectivity index (χ2n) is 7.31. The molecule has 1 atom stereocenters. The molecule has 6 heteroatoms. The highest BCUT2D eigenvalue weighted by molar-refractivity contribution is 8.00. The van der Waals surface area contributed by atoms with Crippen molar-refractivity contribution >= 4 is 23.9 Å². The smallest absolute Gasteiger partial charge is 0.258 e. The lowest BCUT2D eigenvalue weighted by molar-refractivity contribution is -0.120. The number of hydrogen-bond donors (Lipinski definition) is 1. The molecule has 0 aliphatic rings. The maximum absolute atomic E-state index is 12.9. The van der Waals surface area contributed by atoms with Gasteiger partial charge in [0.2, 0.25) is 0 Å². The number of ether oxygens (including phenoxy) is 1. The van der Waals surface area contributed by atoms with Crippen molar-refractivity contribution in [1.29, 1.82) is 0 Å². The van der Waals surface area contributed by atoms with Crippen LogP contribution in [-0.4, -0.2) is 12.1 Å². The lowest BCUT2D eigenvalue weighted by Gasteiger charge is -2.15. The van der Waals surface area contributed by atoms with E-state index >= 15 is 0 Å². The predicted molar refractivity (Wildman–Crippen MR) is 131 cm³/mol. The van der Waals surface area contributed by atoms with E-state index in [4.69, 9.17) is 9.15 Å². The normalized spacial score (nSPS) is 11.9. The minimum absolute atomic E-state index is 0.207. The van der Waals surface area contributed by atoms with Gasteiger partial charge >= 0.3 is 0 Å². The van der Waals surface area contributed by atoms with Crippen LogP contribution in [0.3, 0.4) is 0 Å². The van der Waals surface area contributed by atoms with Gasteiger partial charge in [0.1, 0.15) is 29.1 Å². The summed E-state index contributed by atoms with van der Waals surface area (Å²) < 4.78 is 11.5. The Morgan fingerprint density at radius 3 is 2.42 bits per heavy atom. The Bertz CT molecular complexity index is 1210. The van der Waals surface area contributed by atoms with Crippen LogP contribution in [0.5, 0.6) is 5.75 Å². The third-order valence-electron chi connectivity index (χ3n) is 4.85. The Morgan fingerprint density at radius 2 is 1.67 bits per heavy atom. The van der Waals surface area contributed by atoms with Gasteiger partial charge in [-0.25, -0.2) is 5.43 Å². The molecule has 5 nitrogen and oxygen atoms in total. The number of amides is 1. The highest BCUT2D eigenvalue weighted by atomic mass is 32.2. The standard InChI is InChI=1S/C27H24N2O3S/c1-20-10-8-9-15-25(20)31-19-23-17-16-22(32-23)18-28-29-27(30)26(21-11-4-2-5-12-21)33-24-13-6-3-7-14-24/h2-18,26H,19H2,1H3,(H,29,30)/b28-18+. The fourth-order valence-electron chi connectivity index (χ4n) is 3.16. The molecule has 0 bridgehead atoms. The number of thioether (sulfide) groups is 1. The molecule has 0 saturated heterocycles. The summed E-state index contributed by atoms with van der Waals surface area (Å²) in [5.41, 5.74) is 4.62. The molecule has 0 saturated carbocycles. The lowest BCUT2D eigenvalue weighted by atomic mass is 10.1. The van der Waals surface area contributed by atoms with E-state index in [9.17, 15) is 4.79 Å². The summed E-state index contributed by atoms with van der Waals surface area (Å²) in [4.78, 5) is 13.9. The number of furan rings is 1. The van der Waals surface area contributed by atoms with Crippen molar-refractivity contribution in [3.63, 3.8) is 0 Å². The first-order valence-corrected chi connectivity index (χ1v) is 11.4. The van der Waals surface area contributed by atoms with Gasteiger partial charge < -0.3 is 9.15 Å². The molecule has 0 radical (unpaired) electrons. The van der Waals surface area contributed by atoms with E-state index in [-0.39, 0.29) is 5.91 Å². The molecule has 4 aromatic rings. The van der Waals surface area contributed by atoms with Crippen LogP contribution in [0.1, 0.15) is 27.9 Å². The average Bonchev–Trinajstić information content (AvgIpc) is 3.31. The highest BCUT2D eigenvalue weighted by Gasteiger charge is 2.21. The van der Waals surface area contributed by atoms with Gasteiger partial charge in [-0.05, 0) is 48.4 Å². The van der Waals surface area contributed by atoms with Crippen LogP contribution in [0.15, 0.2) is 111 Å². The molecule has 1 N–H and O–H groups in total. The van der Waals surface area contributed by atoms with Gasteiger partial charge in [0, 0.05) is 4.90 Å². The van der Waals surface area contributed by atoms with Gasteiger partial charge in [-0.3, -0.25) is 4.79 Å². The van der Waals surface area contributed by atoms with Crippen molar-refractivity contribution in [3.8, 4) is 5.75 Å². The van der Waals surface area contributed by atoms with E-state index in [1.165, 1.54) is 18.0 Å². The molecule has 1 unspecified atom stereocenters. The Kier molecular flexibility index (Phi) is 7.61. The first-order chi connectivity index (χ1) is 16.2. The molecular weight excluding hydrogens is 432 g/mol. The van der Waals surface area contributed by atoms with Crippen molar-refractivity contribution in [1.82, 2.24) is 5.43 Å². The number of rotatable bonds is 9. The minimum atomic E-state index is -0.430. The quantitative estimate of drug-likeness (QED) is 0.186. The first-order valence-electron chi connectivity index (χ1n) is 10.6. The van der Waals surface area contributed by atoms with Crippen LogP contribution < -0.4 is 10.2 Å². The molecule has 0 aliphatic heterocycles. The minimum Gasteiger partial charge on any atom is -0.485 e. The zero-order valence-corrected chi connectivity index (χ0v) is 19.0. The molecule has 1 heterocycles. The van der Waals surface area contributed by atoms with E-state index < -0.39 is 5.25 Å². The molecular formula is C27H24N2O3S. The Labute approximate surface area is 197 Å². The summed E-state index contributed by atoms with van der Waals surface area (Å²) in [5, 5.41) is 3.67.